The molecule has 0 aromatic carbocycles. The highest BCUT2D eigenvalue weighted by Crippen LogP contribution is 2.19. The van der Waals surface area contributed by atoms with Crippen molar-refractivity contribution in [3.05, 3.63) is 24.5 Å². The van der Waals surface area contributed by atoms with Crippen molar-refractivity contribution in [3.8, 4) is 0 Å². The first kappa shape index (κ1) is 11.3. The summed E-state index contributed by atoms with van der Waals surface area (Å²) in [6.45, 7) is 16.7. The molecule has 0 aliphatic rings. The fourth-order valence-electron chi connectivity index (χ4n) is 0.604. The van der Waals surface area contributed by atoms with E-state index in [4.69, 9.17) is 4.74 Å². The Hall–Kier alpha value is -0.720. The van der Waals surface area contributed by atoms with Crippen LogP contribution in [0.4, 0.5) is 0 Å². The summed E-state index contributed by atoms with van der Waals surface area (Å²) in [6, 6.07) is 0. The highest BCUT2D eigenvalue weighted by molar-refractivity contribution is 5.15. The first-order chi connectivity index (χ1) is 5.33. The zero-order valence-corrected chi connectivity index (χ0v) is 8.74. The van der Waals surface area contributed by atoms with E-state index in [9.17, 15) is 0 Å². The van der Waals surface area contributed by atoms with Crippen LogP contribution in [0.1, 0.15) is 34.1 Å². The topological polar surface area (TPSA) is 9.23 Å². The Labute approximate surface area is 76.1 Å². The SMILES string of the molecule is C=C(C)C(=C)OCCC(C)(C)C. The number of rotatable bonds is 4. The highest BCUT2D eigenvalue weighted by Gasteiger charge is 2.09. The van der Waals surface area contributed by atoms with E-state index in [1.807, 2.05) is 6.92 Å². The number of hydrogen-bond donors (Lipinski definition) is 0. The van der Waals surface area contributed by atoms with Crippen LogP contribution < -0.4 is 0 Å². The zero-order chi connectivity index (χ0) is 9.78. The average molecular weight is 168 g/mol. The Kier molecular flexibility index (Phi) is 4.08. The molecule has 0 aromatic rings. The lowest BCUT2D eigenvalue weighted by Crippen LogP contribution is -2.09. The molecule has 0 spiro atoms. The summed E-state index contributed by atoms with van der Waals surface area (Å²) in [5.74, 6) is 0.708. The molecule has 0 saturated heterocycles. The summed E-state index contributed by atoms with van der Waals surface area (Å²) < 4.78 is 5.39. The van der Waals surface area contributed by atoms with Gasteiger partial charge in [-0.3, -0.25) is 0 Å². The number of hydrogen-bond acceptors (Lipinski definition) is 1. The van der Waals surface area contributed by atoms with Crippen LogP contribution in [0.5, 0.6) is 0 Å². The van der Waals surface area contributed by atoms with E-state index in [0.717, 1.165) is 18.6 Å². The van der Waals surface area contributed by atoms with Gasteiger partial charge in [0.25, 0.3) is 0 Å². The maximum absolute atomic E-state index is 5.39. The van der Waals surface area contributed by atoms with Gasteiger partial charge in [-0.15, -0.1) is 0 Å². The predicted octanol–water partition coefficient (Wildman–Crippen LogP) is 3.53. The molecule has 0 fully saturated rings. The van der Waals surface area contributed by atoms with Gasteiger partial charge in [0.05, 0.1) is 6.61 Å². The third kappa shape index (κ3) is 6.02. The molecule has 0 aliphatic carbocycles. The lowest BCUT2D eigenvalue weighted by Gasteiger charge is -2.18. The van der Waals surface area contributed by atoms with Crippen molar-refractivity contribution in [1.82, 2.24) is 0 Å². The average Bonchev–Trinajstić information content (AvgIpc) is 1.84. The smallest absolute Gasteiger partial charge is 0.114 e. The van der Waals surface area contributed by atoms with Crippen LogP contribution in [0, 0.1) is 5.41 Å². The molecule has 0 amide bonds. The minimum absolute atomic E-state index is 0.329. The first-order valence-electron chi connectivity index (χ1n) is 4.30. The van der Waals surface area contributed by atoms with Crippen LogP contribution in [0.15, 0.2) is 24.5 Å². The van der Waals surface area contributed by atoms with Crippen LogP contribution in [0.25, 0.3) is 0 Å². The Morgan fingerprint density at radius 1 is 1.25 bits per heavy atom. The van der Waals surface area contributed by atoms with Gasteiger partial charge in [0.15, 0.2) is 0 Å². The largest absolute Gasteiger partial charge is 0.494 e. The van der Waals surface area contributed by atoms with E-state index >= 15 is 0 Å². The van der Waals surface area contributed by atoms with E-state index in [0.29, 0.717) is 11.2 Å². The van der Waals surface area contributed by atoms with Crippen LogP contribution in [0.3, 0.4) is 0 Å². The van der Waals surface area contributed by atoms with Crippen molar-refractivity contribution in [1.29, 1.82) is 0 Å². The zero-order valence-electron chi connectivity index (χ0n) is 8.74. The normalized spacial score (nSPS) is 11.0. The van der Waals surface area contributed by atoms with Gasteiger partial charge < -0.3 is 4.74 Å². The van der Waals surface area contributed by atoms with E-state index < -0.39 is 0 Å². The van der Waals surface area contributed by atoms with E-state index in [1.165, 1.54) is 0 Å². The molecule has 0 N–H and O–H groups in total. The third-order valence-corrected chi connectivity index (χ3v) is 1.60. The minimum atomic E-state index is 0.329. The van der Waals surface area contributed by atoms with Crippen LogP contribution in [-0.2, 0) is 4.74 Å². The second kappa shape index (κ2) is 4.34. The molecule has 0 radical (unpaired) electrons. The van der Waals surface area contributed by atoms with Crippen molar-refractivity contribution in [2.45, 2.75) is 34.1 Å². The molecule has 0 aliphatic heterocycles. The molecular weight excluding hydrogens is 148 g/mol. The molecule has 0 unspecified atom stereocenters. The lowest BCUT2D eigenvalue weighted by atomic mass is 9.93. The van der Waals surface area contributed by atoms with Gasteiger partial charge in [-0.05, 0) is 24.3 Å². The molecule has 1 nitrogen and oxygen atoms in total. The molecule has 0 aromatic heterocycles. The van der Waals surface area contributed by atoms with Crippen molar-refractivity contribution in [2.75, 3.05) is 6.61 Å². The minimum Gasteiger partial charge on any atom is -0.494 e. The summed E-state index contributed by atoms with van der Waals surface area (Å²) in [5, 5.41) is 0. The van der Waals surface area contributed by atoms with Gasteiger partial charge in [-0.2, -0.15) is 0 Å². The Morgan fingerprint density at radius 2 is 1.75 bits per heavy atom. The number of allylic oxidation sites excluding steroid dienone is 1. The van der Waals surface area contributed by atoms with Gasteiger partial charge in [0, 0.05) is 0 Å². The van der Waals surface area contributed by atoms with Gasteiger partial charge in [0.1, 0.15) is 5.76 Å². The Balaban J connectivity index is 3.58. The first-order valence-corrected chi connectivity index (χ1v) is 4.30. The molecule has 12 heavy (non-hydrogen) atoms. The molecule has 1 heteroatoms. The van der Waals surface area contributed by atoms with Gasteiger partial charge >= 0.3 is 0 Å². The molecule has 70 valence electrons. The predicted molar refractivity (Wildman–Crippen MR) is 54.0 cm³/mol. The molecular formula is C11H20O. The highest BCUT2D eigenvalue weighted by atomic mass is 16.5. The van der Waals surface area contributed by atoms with Crippen LogP contribution >= 0.6 is 0 Å². The Bertz CT molecular complexity index is 172. The monoisotopic (exact) mass is 168 g/mol. The van der Waals surface area contributed by atoms with E-state index in [2.05, 4.69) is 33.9 Å². The van der Waals surface area contributed by atoms with Crippen molar-refractivity contribution >= 4 is 0 Å². The van der Waals surface area contributed by atoms with Crippen molar-refractivity contribution in [2.24, 2.45) is 5.41 Å². The summed E-state index contributed by atoms with van der Waals surface area (Å²) >= 11 is 0. The maximum Gasteiger partial charge on any atom is 0.114 e. The molecule has 0 heterocycles. The standard InChI is InChI=1S/C11H20O/c1-9(2)10(3)12-8-7-11(4,5)6/h1,3,7-8H2,2,4-6H3. The van der Waals surface area contributed by atoms with Gasteiger partial charge in [-0.25, -0.2) is 0 Å². The van der Waals surface area contributed by atoms with Crippen molar-refractivity contribution in [3.63, 3.8) is 0 Å². The van der Waals surface area contributed by atoms with Crippen LogP contribution in [0.2, 0.25) is 0 Å². The lowest BCUT2D eigenvalue weighted by molar-refractivity contribution is 0.177. The fourth-order valence-corrected chi connectivity index (χ4v) is 0.604. The van der Waals surface area contributed by atoms with Gasteiger partial charge in [0.2, 0.25) is 0 Å². The fraction of sp³-hybridized carbons (Fsp3) is 0.636. The number of ether oxygens (including phenoxy) is 1. The molecule has 0 bridgehead atoms. The second-order valence-corrected chi connectivity index (χ2v) is 4.36. The summed E-state index contributed by atoms with van der Waals surface area (Å²) in [4.78, 5) is 0. The van der Waals surface area contributed by atoms with Crippen LogP contribution in [-0.4, -0.2) is 6.61 Å². The second-order valence-electron chi connectivity index (χ2n) is 4.36. The molecule has 0 atom stereocenters. The Morgan fingerprint density at radius 3 is 2.08 bits per heavy atom. The quantitative estimate of drug-likeness (QED) is 0.461. The maximum atomic E-state index is 5.39. The summed E-state index contributed by atoms with van der Waals surface area (Å²) in [7, 11) is 0. The summed E-state index contributed by atoms with van der Waals surface area (Å²) in [6.07, 6.45) is 1.04. The van der Waals surface area contributed by atoms with Crippen molar-refractivity contribution < 1.29 is 4.74 Å². The molecule has 0 rings (SSSR count). The van der Waals surface area contributed by atoms with E-state index in [1.54, 1.807) is 0 Å². The third-order valence-electron chi connectivity index (χ3n) is 1.60. The summed E-state index contributed by atoms with van der Waals surface area (Å²) in [5.41, 5.74) is 1.24. The van der Waals surface area contributed by atoms with E-state index in [-0.39, 0.29) is 0 Å². The van der Waals surface area contributed by atoms with Gasteiger partial charge in [-0.1, -0.05) is 33.9 Å². The molecule has 0 saturated carbocycles.